The molecule has 0 atom stereocenters. The Balaban J connectivity index is 1.47. The van der Waals surface area contributed by atoms with E-state index in [2.05, 4.69) is 4.72 Å². The van der Waals surface area contributed by atoms with Gasteiger partial charge in [0.1, 0.15) is 11.5 Å². The minimum atomic E-state index is -3.61. The Kier molecular flexibility index (Phi) is 6.76. The molecule has 0 aliphatic carbocycles. The van der Waals surface area contributed by atoms with Crippen LogP contribution in [0.5, 0.6) is 11.5 Å². The number of nitrogens with one attached hydrogen (secondary N) is 1. The van der Waals surface area contributed by atoms with Crippen LogP contribution in [0.25, 0.3) is 0 Å². The normalized spacial score (nSPS) is 15.2. The first kappa shape index (κ1) is 21.1. The van der Waals surface area contributed by atoms with Crippen LogP contribution < -0.4 is 14.2 Å². The number of likely N-dealkylation sites (tertiary alicyclic amines) is 1. The van der Waals surface area contributed by atoms with E-state index in [1.165, 1.54) is 19.2 Å². The van der Waals surface area contributed by atoms with Gasteiger partial charge in [-0.05, 0) is 56.2 Å². The second kappa shape index (κ2) is 9.28. The average Bonchev–Trinajstić information content (AvgIpc) is 2.73. The van der Waals surface area contributed by atoms with Crippen LogP contribution in [0.3, 0.4) is 0 Å². The largest absolute Gasteiger partial charge is 0.497 e. The molecule has 29 heavy (non-hydrogen) atoms. The first-order chi connectivity index (χ1) is 13.9. The van der Waals surface area contributed by atoms with Crippen LogP contribution in [0.2, 0.25) is 0 Å². The molecule has 2 aromatic rings. The molecule has 1 aliphatic heterocycles. The van der Waals surface area contributed by atoms with Gasteiger partial charge in [-0.3, -0.25) is 4.79 Å². The molecular weight excluding hydrogens is 392 g/mol. The Morgan fingerprint density at radius 2 is 1.62 bits per heavy atom. The highest BCUT2D eigenvalue weighted by Crippen LogP contribution is 2.18. The van der Waals surface area contributed by atoms with Gasteiger partial charge in [0.2, 0.25) is 10.0 Å². The van der Waals surface area contributed by atoms with Crippen molar-refractivity contribution in [3.05, 3.63) is 54.1 Å². The van der Waals surface area contributed by atoms with E-state index in [1.807, 2.05) is 31.2 Å². The summed E-state index contributed by atoms with van der Waals surface area (Å²) in [4.78, 5) is 14.3. The molecule has 7 nitrogen and oxygen atoms in total. The van der Waals surface area contributed by atoms with Gasteiger partial charge in [0, 0.05) is 19.1 Å². The quantitative estimate of drug-likeness (QED) is 0.746. The molecule has 0 saturated carbocycles. The minimum absolute atomic E-state index is 0.0225. The SMILES string of the molecule is COc1ccc(S(=O)(=O)NC2CCN(C(=O)COc3ccc(C)cc3)CC2)cc1. The molecule has 1 aliphatic rings. The van der Waals surface area contributed by atoms with Crippen molar-refractivity contribution in [1.29, 1.82) is 0 Å². The maximum atomic E-state index is 12.5. The molecule has 0 aromatic heterocycles. The third kappa shape index (κ3) is 5.71. The van der Waals surface area contributed by atoms with Gasteiger partial charge in [0.25, 0.3) is 5.91 Å². The summed E-state index contributed by atoms with van der Waals surface area (Å²) < 4.78 is 38.4. The Morgan fingerprint density at radius 3 is 2.21 bits per heavy atom. The lowest BCUT2D eigenvalue weighted by atomic mass is 10.1. The fourth-order valence-electron chi connectivity index (χ4n) is 3.16. The second-order valence-corrected chi connectivity index (χ2v) is 8.77. The van der Waals surface area contributed by atoms with Crippen LogP contribution in [-0.4, -0.2) is 52.1 Å². The summed E-state index contributed by atoms with van der Waals surface area (Å²) in [6.07, 6.45) is 1.12. The van der Waals surface area contributed by atoms with Gasteiger partial charge in [0.15, 0.2) is 6.61 Å². The third-order valence-electron chi connectivity index (χ3n) is 4.92. The number of carbonyl (C=O) groups excluding carboxylic acids is 1. The minimum Gasteiger partial charge on any atom is -0.497 e. The van der Waals surface area contributed by atoms with Gasteiger partial charge in [-0.25, -0.2) is 13.1 Å². The highest BCUT2D eigenvalue weighted by molar-refractivity contribution is 7.89. The Hall–Kier alpha value is -2.58. The lowest BCUT2D eigenvalue weighted by Crippen LogP contribution is -2.47. The lowest BCUT2D eigenvalue weighted by molar-refractivity contribution is -0.134. The molecule has 1 amide bonds. The average molecular weight is 419 g/mol. The molecule has 1 saturated heterocycles. The maximum Gasteiger partial charge on any atom is 0.260 e. The monoisotopic (exact) mass is 418 g/mol. The zero-order valence-corrected chi connectivity index (χ0v) is 17.4. The Morgan fingerprint density at radius 1 is 1.03 bits per heavy atom. The summed E-state index contributed by atoms with van der Waals surface area (Å²) in [7, 11) is -2.08. The van der Waals surface area contributed by atoms with Crippen molar-refractivity contribution in [2.24, 2.45) is 0 Å². The molecular formula is C21H26N2O5S. The number of nitrogens with zero attached hydrogens (tertiary/aromatic N) is 1. The molecule has 0 radical (unpaired) electrons. The number of hydrogen-bond donors (Lipinski definition) is 1. The van der Waals surface area contributed by atoms with E-state index < -0.39 is 10.0 Å². The van der Waals surface area contributed by atoms with Gasteiger partial charge in [-0.15, -0.1) is 0 Å². The fourth-order valence-corrected chi connectivity index (χ4v) is 4.46. The van der Waals surface area contributed by atoms with Crippen molar-refractivity contribution in [3.63, 3.8) is 0 Å². The molecule has 0 bridgehead atoms. The van der Waals surface area contributed by atoms with Crippen LogP contribution in [0, 0.1) is 6.92 Å². The van der Waals surface area contributed by atoms with E-state index in [4.69, 9.17) is 9.47 Å². The number of aryl methyl sites for hydroxylation is 1. The number of benzene rings is 2. The lowest BCUT2D eigenvalue weighted by Gasteiger charge is -2.32. The van der Waals surface area contributed by atoms with E-state index in [9.17, 15) is 13.2 Å². The fraction of sp³-hybridized carbons (Fsp3) is 0.381. The van der Waals surface area contributed by atoms with Crippen molar-refractivity contribution in [2.75, 3.05) is 26.8 Å². The summed E-state index contributed by atoms with van der Waals surface area (Å²) in [6, 6.07) is 13.6. The zero-order valence-electron chi connectivity index (χ0n) is 16.6. The predicted molar refractivity (Wildman–Crippen MR) is 110 cm³/mol. The van der Waals surface area contributed by atoms with Crippen LogP contribution in [0.4, 0.5) is 0 Å². The number of ether oxygens (including phenoxy) is 2. The number of piperidine rings is 1. The first-order valence-corrected chi connectivity index (χ1v) is 11.0. The molecule has 0 spiro atoms. The Bertz CT molecular complexity index is 919. The molecule has 0 unspecified atom stereocenters. The van der Waals surface area contributed by atoms with Crippen molar-refractivity contribution in [2.45, 2.75) is 30.7 Å². The first-order valence-electron chi connectivity index (χ1n) is 9.51. The predicted octanol–water partition coefficient (Wildman–Crippen LogP) is 2.35. The summed E-state index contributed by atoms with van der Waals surface area (Å²) in [5.41, 5.74) is 1.13. The van der Waals surface area contributed by atoms with Gasteiger partial charge in [-0.2, -0.15) is 0 Å². The third-order valence-corrected chi connectivity index (χ3v) is 6.46. The number of hydrogen-bond acceptors (Lipinski definition) is 5. The van der Waals surface area contributed by atoms with Crippen molar-refractivity contribution >= 4 is 15.9 Å². The van der Waals surface area contributed by atoms with Gasteiger partial charge in [-0.1, -0.05) is 17.7 Å². The van der Waals surface area contributed by atoms with Crippen molar-refractivity contribution < 1.29 is 22.7 Å². The summed E-state index contributed by atoms with van der Waals surface area (Å²) in [6.45, 7) is 2.95. The van der Waals surface area contributed by atoms with Crippen LogP contribution >= 0.6 is 0 Å². The van der Waals surface area contributed by atoms with E-state index in [-0.39, 0.29) is 23.5 Å². The van der Waals surface area contributed by atoms with E-state index in [0.29, 0.717) is 37.4 Å². The van der Waals surface area contributed by atoms with Gasteiger partial charge >= 0.3 is 0 Å². The topological polar surface area (TPSA) is 84.9 Å². The van der Waals surface area contributed by atoms with E-state index in [0.717, 1.165) is 5.56 Å². The van der Waals surface area contributed by atoms with Crippen molar-refractivity contribution in [1.82, 2.24) is 9.62 Å². The number of rotatable bonds is 7. The molecule has 8 heteroatoms. The summed E-state index contributed by atoms with van der Waals surface area (Å²) >= 11 is 0. The zero-order chi connectivity index (χ0) is 20.9. The van der Waals surface area contributed by atoms with Crippen LogP contribution in [0.1, 0.15) is 18.4 Å². The van der Waals surface area contributed by atoms with Crippen LogP contribution in [0.15, 0.2) is 53.4 Å². The molecule has 1 heterocycles. The number of carbonyl (C=O) groups is 1. The summed E-state index contributed by atoms with van der Waals surface area (Å²) in [5, 5.41) is 0. The summed E-state index contributed by atoms with van der Waals surface area (Å²) in [5.74, 6) is 1.16. The van der Waals surface area contributed by atoms with Gasteiger partial charge < -0.3 is 14.4 Å². The molecule has 3 rings (SSSR count). The smallest absolute Gasteiger partial charge is 0.260 e. The number of amides is 1. The highest BCUT2D eigenvalue weighted by Gasteiger charge is 2.26. The van der Waals surface area contributed by atoms with E-state index >= 15 is 0 Å². The highest BCUT2D eigenvalue weighted by atomic mass is 32.2. The molecule has 1 N–H and O–H groups in total. The van der Waals surface area contributed by atoms with Gasteiger partial charge in [0.05, 0.1) is 12.0 Å². The second-order valence-electron chi connectivity index (χ2n) is 7.05. The van der Waals surface area contributed by atoms with Crippen molar-refractivity contribution in [3.8, 4) is 11.5 Å². The molecule has 2 aromatic carbocycles. The van der Waals surface area contributed by atoms with E-state index in [1.54, 1.807) is 17.0 Å². The Labute approximate surface area is 171 Å². The van der Waals surface area contributed by atoms with Crippen LogP contribution in [-0.2, 0) is 14.8 Å². The number of methoxy groups -OCH3 is 1. The molecule has 1 fully saturated rings. The molecule has 156 valence electrons. The number of sulfonamides is 1. The maximum absolute atomic E-state index is 12.5. The standard InChI is InChI=1S/C21H26N2O5S/c1-16-3-5-19(6-4-16)28-15-21(24)23-13-11-17(12-14-23)22-29(25,26)20-9-7-18(27-2)8-10-20/h3-10,17,22H,11-15H2,1-2H3.